The number of hydrogen-bond acceptors (Lipinski definition) is 6. The smallest absolute Gasteiger partial charge is 0.317 e. The van der Waals surface area contributed by atoms with E-state index in [1.54, 1.807) is 23.3 Å². The zero-order valence-electron chi connectivity index (χ0n) is 15.7. The zero-order chi connectivity index (χ0) is 18.7. The molecule has 142 valence electrons. The Balaban J connectivity index is 1.53. The molecule has 1 saturated heterocycles. The molecule has 3 heterocycles. The van der Waals surface area contributed by atoms with Gasteiger partial charge in [0.15, 0.2) is 0 Å². The predicted molar refractivity (Wildman–Crippen MR) is 99.2 cm³/mol. The van der Waals surface area contributed by atoms with Gasteiger partial charge in [0.1, 0.15) is 5.76 Å². The molecule has 3 rings (SSSR count). The summed E-state index contributed by atoms with van der Waals surface area (Å²) in [7, 11) is 1.79. The lowest BCUT2D eigenvalue weighted by Crippen LogP contribution is -2.46. The molecule has 0 saturated carbocycles. The lowest BCUT2D eigenvalue weighted by Gasteiger charge is -2.23. The van der Waals surface area contributed by atoms with Crippen LogP contribution in [0.1, 0.15) is 41.9 Å². The van der Waals surface area contributed by atoms with Crippen molar-refractivity contribution in [3.8, 4) is 0 Å². The summed E-state index contributed by atoms with van der Waals surface area (Å²) in [5.74, 6) is 1.42. The number of carbonyl (C=O) groups excluding carboxylic acids is 1. The van der Waals surface area contributed by atoms with Gasteiger partial charge in [0.05, 0.1) is 42.2 Å². The molecular weight excluding hydrogens is 352 g/mol. The first-order chi connectivity index (χ1) is 12.4. The minimum atomic E-state index is -0.113. The van der Waals surface area contributed by atoms with Crippen LogP contribution in [0.5, 0.6) is 0 Å². The molecule has 2 aromatic heterocycles. The van der Waals surface area contributed by atoms with Crippen molar-refractivity contribution in [1.29, 1.82) is 0 Å². The number of thiazole rings is 1. The number of rotatable bonds is 6. The van der Waals surface area contributed by atoms with Crippen LogP contribution in [0.25, 0.3) is 0 Å². The van der Waals surface area contributed by atoms with Crippen LogP contribution < -0.4 is 5.32 Å². The van der Waals surface area contributed by atoms with E-state index < -0.39 is 0 Å². The maximum Gasteiger partial charge on any atom is 0.317 e. The molecule has 1 fully saturated rings. The highest BCUT2D eigenvalue weighted by atomic mass is 32.1. The Morgan fingerprint density at radius 1 is 1.46 bits per heavy atom. The Hall–Kier alpha value is -1.93. The Bertz CT molecular complexity index is 742. The molecule has 0 radical (unpaired) electrons. The predicted octanol–water partition coefficient (Wildman–Crippen LogP) is 2.96. The highest BCUT2D eigenvalue weighted by Gasteiger charge is 2.31. The maximum atomic E-state index is 12.5. The summed E-state index contributed by atoms with van der Waals surface area (Å²) in [6, 6.07) is 1.79. The minimum Gasteiger partial charge on any atom is -0.379 e. The molecule has 0 aliphatic carbocycles. The van der Waals surface area contributed by atoms with E-state index in [2.05, 4.69) is 29.3 Å². The first-order valence-corrected chi connectivity index (χ1v) is 9.76. The average Bonchev–Trinajstić information content (AvgIpc) is 3.31. The molecule has 2 atom stereocenters. The number of aryl methyl sites for hydroxylation is 1. The summed E-state index contributed by atoms with van der Waals surface area (Å²) in [6.07, 6.45) is 0.708. The fraction of sp³-hybridized carbons (Fsp3) is 0.611. The van der Waals surface area contributed by atoms with Crippen molar-refractivity contribution in [1.82, 2.24) is 20.4 Å². The van der Waals surface area contributed by atoms with Crippen LogP contribution in [0.3, 0.4) is 0 Å². The normalized spacial score (nSPS) is 19.9. The summed E-state index contributed by atoms with van der Waals surface area (Å²) in [5, 5.41) is 10.1. The quantitative estimate of drug-likeness (QED) is 0.836. The van der Waals surface area contributed by atoms with Gasteiger partial charge >= 0.3 is 6.03 Å². The van der Waals surface area contributed by atoms with Gasteiger partial charge in [0.2, 0.25) is 0 Å². The van der Waals surface area contributed by atoms with Crippen LogP contribution in [0.2, 0.25) is 0 Å². The van der Waals surface area contributed by atoms with Crippen molar-refractivity contribution >= 4 is 17.4 Å². The Labute approximate surface area is 157 Å². The van der Waals surface area contributed by atoms with Gasteiger partial charge in [-0.2, -0.15) is 0 Å². The van der Waals surface area contributed by atoms with Crippen LogP contribution in [0, 0.1) is 12.8 Å². The van der Waals surface area contributed by atoms with E-state index in [1.807, 2.05) is 18.4 Å². The molecule has 1 N–H and O–H groups in total. The second-order valence-electron chi connectivity index (χ2n) is 7.18. The number of amides is 2. The standard InChI is InChI=1S/C18H26N4O3S/c1-11(2)17-19-14(10-26-17)7-22(4)18(23)20-16-9-24-8-13(16)6-15-5-12(3)21-25-15/h5,10-11,13,16H,6-9H2,1-4H3,(H,20,23)/t13-,16+/m1/s1. The third-order valence-electron chi connectivity index (χ3n) is 4.46. The molecule has 1 aliphatic rings. The van der Waals surface area contributed by atoms with Crippen LogP contribution in [-0.2, 0) is 17.7 Å². The number of hydrogen-bond donors (Lipinski definition) is 1. The molecule has 0 unspecified atom stereocenters. The van der Waals surface area contributed by atoms with Gasteiger partial charge in [-0.05, 0) is 6.92 Å². The van der Waals surface area contributed by atoms with Gasteiger partial charge in [-0.15, -0.1) is 11.3 Å². The Morgan fingerprint density at radius 2 is 2.27 bits per heavy atom. The topological polar surface area (TPSA) is 80.5 Å². The van der Waals surface area contributed by atoms with Gasteiger partial charge in [0, 0.05) is 36.8 Å². The molecule has 2 aromatic rings. The van der Waals surface area contributed by atoms with E-state index in [0.717, 1.165) is 22.2 Å². The molecule has 7 nitrogen and oxygen atoms in total. The van der Waals surface area contributed by atoms with Crippen LogP contribution >= 0.6 is 11.3 Å². The molecule has 0 bridgehead atoms. The second kappa shape index (κ2) is 8.18. The first kappa shape index (κ1) is 18.8. The summed E-state index contributed by atoms with van der Waals surface area (Å²) in [6.45, 7) is 7.76. The van der Waals surface area contributed by atoms with Crippen molar-refractivity contribution in [2.45, 2.75) is 45.7 Å². The van der Waals surface area contributed by atoms with Gasteiger partial charge in [-0.25, -0.2) is 9.78 Å². The Kier molecular flexibility index (Phi) is 5.93. The molecule has 0 aromatic carbocycles. The lowest BCUT2D eigenvalue weighted by atomic mass is 9.98. The molecule has 0 spiro atoms. The fourth-order valence-corrected chi connectivity index (χ4v) is 3.80. The second-order valence-corrected chi connectivity index (χ2v) is 8.07. The first-order valence-electron chi connectivity index (χ1n) is 8.88. The number of carbonyl (C=O) groups is 1. The number of urea groups is 1. The molecular formula is C18H26N4O3S. The summed E-state index contributed by atoms with van der Waals surface area (Å²) in [5.41, 5.74) is 1.79. The van der Waals surface area contributed by atoms with Crippen molar-refractivity contribution in [3.63, 3.8) is 0 Å². The van der Waals surface area contributed by atoms with Crippen molar-refractivity contribution in [2.75, 3.05) is 20.3 Å². The van der Waals surface area contributed by atoms with Gasteiger partial charge in [0.25, 0.3) is 0 Å². The largest absolute Gasteiger partial charge is 0.379 e. The fourth-order valence-electron chi connectivity index (χ4n) is 2.97. The number of ether oxygens (including phenoxy) is 1. The molecule has 8 heteroatoms. The van der Waals surface area contributed by atoms with Gasteiger partial charge in [-0.1, -0.05) is 19.0 Å². The average molecular weight is 378 g/mol. The molecule has 1 aliphatic heterocycles. The van der Waals surface area contributed by atoms with E-state index >= 15 is 0 Å². The van der Waals surface area contributed by atoms with Gasteiger partial charge < -0.3 is 19.5 Å². The minimum absolute atomic E-state index is 0.0305. The Morgan fingerprint density at radius 3 is 2.92 bits per heavy atom. The van der Waals surface area contributed by atoms with Crippen molar-refractivity contribution in [3.05, 3.63) is 33.6 Å². The van der Waals surface area contributed by atoms with Crippen molar-refractivity contribution in [2.24, 2.45) is 5.92 Å². The van der Waals surface area contributed by atoms with Crippen LogP contribution in [0.4, 0.5) is 4.79 Å². The van der Waals surface area contributed by atoms with E-state index in [-0.39, 0.29) is 18.0 Å². The highest BCUT2D eigenvalue weighted by molar-refractivity contribution is 7.09. The van der Waals surface area contributed by atoms with Crippen LogP contribution in [0.15, 0.2) is 16.0 Å². The van der Waals surface area contributed by atoms with Crippen LogP contribution in [-0.4, -0.2) is 47.4 Å². The summed E-state index contributed by atoms with van der Waals surface area (Å²) >= 11 is 1.64. The SMILES string of the molecule is Cc1cc(C[C@@H]2COC[C@@H]2NC(=O)N(C)Cc2csc(C(C)C)n2)on1. The molecule has 2 amide bonds. The summed E-state index contributed by atoms with van der Waals surface area (Å²) < 4.78 is 10.9. The summed E-state index contributed by atoms with van der Waals surface area (Å²) in [4.78, 5) is 18.8. The number of nitrogens with one attached hydrogen (secondary N) is 1. The van der Waals surface area contributed by atoms with Gasteiger partial charge in [-0.3, -0.25) is 0 Å². The van der Waals surface area contributed by atoms with E-state index in [0.29, 0.717) is 32.1 Å². The third-order valence-corrected chi connectivity index (χ3v) is 5.65. The number of nitrogens with zero attached hydrogens (tertiary/aromatic N) is 3. The maximum absolute atomic E-state index is 12.5. The molecule has 26 heavy (non-hydrogen) atoms. The van der Waals surface area contributed by atoms with E-state index in [1.165, 1.54) is 0 Å². The zero-order valence-corrected chi connectivity index (χ0v) is 16.5. The van der Waals surface area contributed by atoms with Crippen molar-refractivity contribution < 1.29 is 14.1 Å². The lowest BCUT2D eigenvalue weighted by molar-refractivity contribution is 0.178. The highest BCUT2D eigenvalue weighted by Crippen LogP contribution is 2.21. The van der Waals surface area contributed by atoms with E-state index in [4.69, 9.17) is 9.26 Å². The monoisotopic (exact) mass is 378 g/mol. The number of aromatic nitrogens is 2. The van der Waals surface area contributed by atoms with E-state index in [9.17, 15) is 4.79 Å². The third kappa shape index (κ3) is 4.62.